The molecule has 0 aromatic heterocycles. The second-order valence-electron chi connectivity index (χ2n) is 5.09. The Labute approximate surface area is 122 Å². The lowest BCUT2D eigenvalue weighted by molar-refractivity contribution is 0.302. The average Bonchev–Trinajstić information content (AvgIpc) is 2.38. The third-order valence-electron chi connectivity index (χ3n) is 3.23. The van der Waals surface area contributed by atoms with Gasteiger partial charge in [-0.2, -0.15) is 0 Å². The molecular formula is C15H25NO3S. The number of sulfonamides is 1. The first kappa shape index (κ1) is 17.0. The molecule has 0 spiro atoms. The van der Waals surface area contributed by atoms with E-state index in [1.807, 2.05) is 6.92 Å². The van der Waals surface area contributed by atoms with Crippen molar-refractivity contribution in [2.45, 2.75) is 57.3 Å². The maximum atomic E-state index is 11.2. The highest BCUT2D eigenvalue weighted by Gasteiger charge is 2.09. The van der Waals surface area contributed by atoms with Crippen LogP contribution in [0.4, 0.5) is 0 Å². The molecular weight excluding hydrogens is 274 g/mol. The van der Waals surface area contributed by atoms with E-state index in [2.05, 4.69) is 6.92 Å². The van der Waals surface area contributed by atoms with E-state index >= 15 is 0 Å². The van der Waals surface area contributed by atoms with E-state index in [-0.39, 0.29) is 4.90 Å². The van der Waals surface area contributed by atoms with Crippen molar-refractivity contribution in [3.63, 3.8) is 0 Å². The fourth-order valence-corrected chi connectivity index (χ4v) is 2.62. The number of hydrogen-bond acceptors (Lipinski definition) is 3. The number of rotatable bonds is 9. The maximum absolute atomic E-state index is 11.2. The number of ether oxygens (including phenoxy) is 1. The molecule has 0 aliphatic heterocycles. The highest BCUT2D eigenvalue weighted by atomic mass is 32.2. The zero-order valence-corrected chi connectivity index (χ0v) is 13.2. The van der Waals surface area contributed by atoms with Gasteiger partial charge in [-0.25, -0.2) is 13.6 Å². The molecule has 0 atom stereocenters. The lowest BCUT2D eigenvalue weighted by Crippen LogP contribution is -2.12. The van der Waals surface area contributed by atoms with Gasteiger partial charge in [0.25, 0.3) is 0 Å². The topological polar surface area (TPSA) is 69.4 Å². The Morgan fingerprint density at radius 2 is 1.75 bits per heavy atom. The van der Waals surface area contributed by atoms with E-state index in [1.165, 1.54) is 38.2 Å². The van der Waals surface area contributed by atoms with Crippen molar-refractivity contribution >= 4 is 10.0 Å². The SMILES string of the molecule is CCCCCCCCOc1ccc(S(N)(=O)=O)cc1C. The Morgan fingerprint density at radius 1 is 1.10 bits per heavy atom. The third kappa shape index (κ3) is 5.92. The van der Waals surface area contributed by atoms with Crippen molar-refractivity contribution in [2.75, 3.05) is 6.61 Å². The summed E-state index contributed by atoms with van der Waals surface area (Å²) in [6.45, 7) is 4.70. The summed E-state index contributed by atoms with van der Waals surface area (Å²) < 4.78 is 28.1. The molecule has 0 unspecified atom stereocenters. The number of unbranched alkanes of at least 4 members (excludes halogenated alkanes) is 5. The van der Waals surface area contributed by atoms with Gasteiger partial charge in [0, 0.05) is 0 Å². The lowest BCUT2D eigenvalue weighted by atomic mass is 10.1. The fourth-order valence-electron chi connectivity index (χ4n) is 2.03. The van der Waals surface area contributed by atoms with Gasteiger partial charge in [-0.05, 0) is 37.1 Å². The maximum Gasteiger partial charge on any atom is 0.238 e. The Morgan fingerprint density at radius 3 is 2.35 bits per heavy atom. The van der Waals surface area contributed by atoms with Crippen LogP contribution in [0.1, 0.15) is 51.0 Å². The Kier molecular flexibility index (Phi) is 7.02. The molecule has 20 heavy (non-hydrogen) atoms. The standard InChI is InChI=1S/C15H25NO3S/c1-3-4-5-6-7-8-11-19-15-10-9-14(12-13(15)2)20(16,17)18/h9-10,12H,3-8,11H2,1-2H3,(H2,16,17,18). The van der Waals surface area contributed by atoms with Gasteiger partial charge in [0.1, 0.15) is 5.75 Å². The van der Waals surface area contributed by atoms with Gasteiger partial charge < -0.3 is 4.74 Å². The summed E-state index contributed by atoms with van der Waals surface area (Å²) in [4.78, 5) is 0.127. The van der Waals surface area contributed by atoms with Crippen LogP contribution in [-0.2, 0) is 10.0 Å². The zero-order valence-electron chi connectivity index (χ0n) is 12.4. The molecule has 1 aromatic rings. The number of benzene rings is 1. The summed E-state index contributed by atoms with van der Waals surface area (Å²) in [6.07, 6.45) is 7.30. The summed E-state index contributed by atoms with van der Waals surface area (Å²) in [5, 5.41) is 5.09. The quantitative estimate of drug-likeness (QED) is 0.711. The molecule has 0 saturated heterocycles. The van der Waals surface area contributed by atoms with Crippen molar-refractivity contribution in [3.05, 3.63) is 23.8 Å². The molecule has 114 valence electrons. The van der Waals surface area contributed by atoms with Crippen LogP contribution in [0.15, 0.2) is 23.1 Å². The van der Waals surface area contributed by atoms with E-state index in [0.29, 0.717) is 6.61 Å². The molecule has 0 heterocycles. The van der Waals surface area contributed by atoms with E-state index < -0.39 is 10.0 Å². The van der Waals surface area contributed by atoms with Crippen molar-refractivity contribution < 1.29 is 13.2 Å². The van der Waals surface area contributed by atoms with Gasteiger partial charge in [-0.1, -0.05) is 39.0 Å². The van der Waals surface area contributed by atoms with Crippen LogP contribution in [0, 0.1) is 6.92 Å². The molecule has 5 heteroatoms. The van der Waals surface area contributed by atoms with Crippen LogP contribution in [0.3, 0.4) is 0 Å². The summed E-state index contributed by atoms with van der Waals surface area (Å²) in [5.41, 5.74) is 0.794. The molecule has 4 nitrogen and oxygen atoms in total. The Hall–Kier alpha value is -1.07. The lowest BCUT2D eigenvalue weighted by Gasteiger charge is -2.10. The van der Waals surface area contributed by atoms with Crippen molar-refractivity contribution in [2.24, 2.45) is 5.14 Å². The van der Waals surface area contributed by atoms with Crippen LogP contribution in [0.5, 0.6) is 5.75 Å². The van der Waals surface area contributed by atoms with Gasteiger partial charge in [-0.15, -0.1) is 0 Å². The van der Waals surface area contributed by atoms with E-state index in [4.69, 9.17) is 9.88 Å². The van der Waals surface area contributed by atoms with Gasteiger partial charge in [0.2, 0.25) is 10.0 Å². The normalized spacial score (nSPS) is 11.6. The number of primary sulfonamides is 1. The minimum absolute atomic E-state index is 0.127. The minimum Gasteiger partial charge on any atom is -0.493 e. The number of hydrogen-bond donors (Lipinski definition) is 1. The zero-order chi connectivity index (χ0) is 15.0. The summed E-state index contributed by atoms with van der Waals surface area (Å²) in [7, 11) is -3.64. The Balaban J connectivity index is 2.38. The van der Waals surface area contributed by atoms with Gasteiger partial charge in [0.05, 0.1) is 11.5 Å². The van der Waals surface area contributed by atoms with Gasteiger partial charge >= 0.3 is 0 Å². The van der Waals surface area contributed by atoms with Crippen LogP contribution in [0.2, 0.25) is 0 Å². The van der Waals surface area contributed by atoms with Crippen molar-refractivity contribution in [3.8, 4) is 5.75 Å². The number of nitrogens with two attached hydrogens (primary N) is 1. The summed E-state index contributed by atoms with van der Waals surface area (Å²) in [5.74, 6) is 0.728. The predicted octanol–water partition coefficient (Wildman–Crippen LogP) is 3.38. The molecule has 0 fully saturated rings. The minimum atomic E-state index is -3.64. The monoisotopic (exact) mass is 299 g/mol. The van der Waals surface area contributed by atoms with E-state index in [1.54, 1.807) is 12.1 Å². The first-order chi connectivity index (χ1) is 9.45. The largest absolute Gasteiger partial charge is 0.493 e. The number of aryl methyl sites for hydroxylation is 1. The highest BCUT2D eigenvalue weighted by molar-refractivity contribution is 7.89. The first-order valence-electron chi connectivity index (χ1n) is 7.21. The molecule has 0 bridgehead atoms. The molecule has 2 N–H and O–H groups in total. The molecule has 0 aliphatic carbocycles. The van der Waals surface area contributed by atoms with Crippen molar-refractivity contribution in [1.82, 2.24) is 0 Å². The molecule has 0 aliphatic rings. The third-order valence-corrected chi connectivity index (χ3v) is 4.14. The van der Waals surface area contributed by atoms with Crippen LogP contribution in [0.25, 0.3) is 0 Å². The second-order valence-corrected chi connectivity index (χ2v) is 6.65. The van der Waals surface area contributed by atoms with Crippen LogP contribution >= 0.6 is 0 Å². The van der Waals surface area contributed by atoms with E-state index in [0.717, 1.165) is 17.7 Å². The second kappa shape index (κ2) is 8.27. The molecule has 1 aromatic carbocycles. The van der Waals surface area contributed by atoms with Crippen molar-refractivity contribution in [1.29, 1.82) is 0 Å². The fraction of sp³-hybridized carbons (Fsp3) is 0.600. The Bertz CT molecular complexity index is 512. The van der Waals surface area contributed by atoms with E-state index in [9.17, 15) is 8.42 Å². The smallest absolute Gasteiger partial charge is 0.238 e. The summed E-state index contributed by atoms with van der Waals surface area (Å²) >= 11 is 0. The van der Waals surface area contributed by atoms with Crippen LogP contribution < -0.4 is 9.88 Å². The van der Waals surface area contributed by atoms with Gasteiger partial charge in [0.15, 0.2) is 0 Å². The molecule has 0 saturated carbocycles. The first-order valence-corrected chi connectivity index (χ1v) is 8.76. The predicted molar refractivity (Wildman–Crippen MR) is 81.4 cm³/mol. The highest BCUT2D eigenvalue weighted by Crippen LogP contribution is 2.21. The summed E-state index contributed by atoms with van der Waals surface area (Å²) in [6, 6.07) is 4.71. The molecule has 0 radical (unpaired) electrons. The van der Waals surface area contributed by atoms with Crippen LogP contribution in [-0.4, -0.2) is 15.0 Å². The van der Waals surface area contributed by atoms with Gasteiger partial charge in [-0.3, -0.25) is 0 Å². The molecule has 0 amide bonds. The molecule has 1 rings (SSSR count). The average molecular weight is 299 g/mol.